The summed E-state index contributed by atoms with van der Waals surface area (Å²) in [5.41, 5.74) is 1.45. The Kier molecular flexibility index (Phi) is 5.41. The number of hydrogen-bond acceptors (Lipinski definition) is 5. The van der Waals surface area contributed by atoms with Gasteiger partial charge in [-0.15, -0.1) is 0 Å². The van der Waals surface area contributed by atoms with Crippen LogP contribution in [0, 0.1) is 0 Å². The van der Waals surface area contributed by atoms with Crippen LogP contribution in [0.3, 0.4) is 0 Å². The molecule has 1 aromatic carbocycles. The van der Waals surface area contributed by atoms with E-state index in [4.69, 9.17) is 9.47 Å². The van der Waals surface area contributed by atoms with E-state index < -0.39 is 0 Å². The van der Waals surface area contributed by atoms with Gasteiger partial charge in [0.05, 0.1) is 0 Å². The van der Waals surface area contributed by atoms with E-state index in [1.165, 1.54) is 0 Å². The molecular formula is C21H23N3O4. The zero-order valence-electron chi connectivity index (χ0n) is 15.6. The molecule has 0 bridgehead atoms. The molecule has 0 spiro atoms. The molecule has 0 unspecified atom stereocenters. The van der Waals surface area contributed by atoms with Crippen molar-refractivity contribution in [2.75, 3.05) is 19.9 Å². The van der Waals surface area contributed by atoms with Gasteiger partial charge in [0.15, 0.2) is 11.5 Å². The predicted octanol–water partition coefficient (Wildman–Crippen LogP) is 2.76. The highest BCUT2D eigenvalue weighted by molar-refractivity contribution is 5.96. The number of fused-ring (bicyclic) bond motifs is 1. The van der Waals surface area contributed by atoms with Gasteiger partial charge in [-0.05, 0) is 42.7 Å². The normalized spacial score (nSPS) is 15.8. The summed E-state index contributed by atoms with van der Waals surface area (Å²) in [4.78, 5) is 31.4. The molecule has 0 saturated carbocycles. The van der Waals surface area contributed by atoms with Gasteiger partial charge in [-0.1, -0.05) is 25.0 Å². The monoisotopic (exact) mass is 381 g/mol. The first kappa shape index (κ1) is 18.3. The van der Waals surface area contributed by atoms with Crippen LogP contribution in [0.5, 0.6) is 11.5 Å². The third kappa shape index (κ3) is 4.08. The van der Waals surface area contributed by atoms with Crippen molar-refractivity contribution in [2.24, 2.45) is 0 Å². The van der Waals surface area contributed by atoms with Crippen molar-refractivity contribution in [2.45, 2.75) is 32.2 Å². The topological polar surface area (TPSA) is 80.8 Å². The number of carbonyl (C=O) groups excluding carboxylic acids is 2. The van der Waals surface area contributed by atoms with Gasteiger partial charge in [-0.3, -0.25) is 9.59 Å². The fraction of sp³-hybridized carbons (Fsp3) is 0.381. The highest BCUT2D eigenvalue weighted by Gasteiger charge is 2.20. The van der Waals surface area contributed by atoms with E-state index in [-0.39, 0.29) is 24.3 Å². The largest absolute Gasteiger partial charge is 0.454 e. The Hall–Kier alpha value is -3.09. The minimum atomic E-state index is -0.316. The van der Waals surface area contributed by atoms with E-state index in [1.807, 2.05) is 23.1 Å². The SMILES string of the molecule is O=C(NCc1ccc2c(c1)OCO2)c1cccc(C(=O)N2CCCCCC2)n1. The molecule has 1 N–H and O–H groups in total. The molecule has 4 rings (SSSR count). The molecule has 1 aromatic heterocycles. The van der Waals surface area contributed by atoms with E-state index in [0.717, 1.165) is 44.3 Å². The van der Waals surface area contributed by atoms with Gasteiger partial charge >= 0.3 is 0 Å². The zero-order chi connectivity index (χ0) is 19.3. The molecule has 1 fully saturated rings. The maximum Gasteiger partial charge on any atom is 0.272 e. The molecule has 1 saturated heterocycles. The predicted molar refractivity (Wildman–Crippen MR) is 102 cm³/mol. The van der Waals surface area contributed by atoms with Crippen molar-refractivity contribution in [1.82, 2.24) is 15.2 Å². The summed E-state index contributed by atoms with van der Waals surface area (Å²) in [6.45, 7) is 2.05. The van der Waals surface area contributed by atoms with Crippen molar-refractivity contribution in [1.29, 1.82) is 0 Å². The lowest BCUT2D eigenvalue weighted by Crippen LogP contribution is -2.33. The standard InChI is InChI=1S/C21H23N3O4/c25-20(22-13-15-8-9-18-19(12-15)28-14-27-18)16-6-5-7-17(23-16)21(26)24-10-3-1-2-4-11-24/h5-9,12H,1-4,10-11,13-14H2,(H,22,25). The summed E-state index contributed by atoms with van der Waals surface area (Å²) in [6.07, 6.45) is 4.34. The molecule has 146 valence electrons. The summed E-state index contributed by atoms with van der Waals surface area (Å²) in [7, 11) is 0. The van der Waals surface area contributed by atoms with Crippen LogP contribution < -0.4 is 14.8 Å². The first-order valence-electron chi connectivity index (χ1n) is 9.64. The fourth-order valence-electron chi connectivity index (χ4n) is 3.44. The molecule has 3 heterocycles. The summed E-state index contributed by atoms with van der Waals surface area (Å²) in [6, 6.07) is 10.5. The zero-order valence-corrected chi connectivity index (χ0v) is 15.6. The van der Waals surface area contributed by atoms with Crippen LogP contribution in [0.1, 0.15) is 52.2 Å². The van der Waals surface area contributed by atoms with E-state index in [9.17, 15) is 9.59 Å². The van der Waals surface area contributed by atoms with Crippen molar-refractivity contribution in [3.05, 3.63) is 53.3 Å². The summed E-state index contributed by atoms with van der Waals surface area (Å²) < 4.78 is 10.6. The van der Waals surface area contributed by atoms with Crippen molar-refractivity contribution in [3.8, 4) is 11.5 Å². The maximum atomic E-state index is 12.7. The van der Waals surface area contributed by atoms with Gasteiger partial charge in [-0.2, -0.15) is 0 Å². The molecule has 28 heavy (non-hydrogen) atoms. The van der Waals surface area contributed by atoms with Gasteiger partial charge in [0, 0.05) is 19.6 Å². The Balaban J connectivity index is 1.40. The fourth-order valence-corrected chi connectivity index (χ4v) is 3.44. The van der Waals surface area contributed by atoms with Crippen LogP contribution in [-0.2, 0) is 6.54 Å². The third-order valence-corrected chi connectivity index (χ3v) is 4.98. The van der Waals surface area contributed by atoms with Gasteiger partial charge in [0.1, 0.15) is 11.4 Å². The van der Waals surface area contributed by atoms with E-state index in [1.54, 1.807) is 18.2 Å². The third-order valence-electron chi connectivity index (χ3n) is 4.98. The number of hydrogen-bond donors (Lipinski definition) is 1. The van der Waals surface area contributed by atoms with Crippen LogP contribution in [0.4, 0.5) is 0 Å². The summed E-state index contributed by atoms with van der Waals surface area (Å²) in [5.74, 6) is 0.960. The highest BCUT2D eigenvalue weighted by Crippen LogP contribution is 2.32. The number of carbonyl (C=O) groups is 2. The molecule has 2 aromatic rings. The molecule has 0 atom stereocenters. The lowest BCUT2D eigenvalue weighted by molar-refractivity contribution is 0.0755. The Bertz CT molecular complexity index is 876. The molecule has 0 aliphatic carbocycles. The second kappa shape index (κ2) is 8.29. The molecule has 2 aliphatic heterocycles. The van der Waals surface area contributed by atoms with Crippen LogP contribution in [0.2, 0.25) is 0 Å². The number of pyridine rings is 1. The molecule has 2 aliphatic rings. The number of aromatic nitrogens is 1. The van der Waals surface area contributed by atoms with E-state index in [2.05, 4.69) is 10.3 Å². The minimum absolute atomic E-state index is 0.104. The highest BCUT2D eigenvalue weighted by atomic mass is 16.7. The Labute approximate surface area is 163 Å². The smallest absolute Gasteiger partial charge is 0.272 e. The number of ether oxygens (including phenoxy) is 2. The summed E-state index contributed by atoms with van der Waals surface area (Å²) >= 11 is 0. The molecule has 7 nitrogen and oxygen atoms in total. The number of rotatable bonds is 4. The van der Waals surface area contributed by atoms with Crippen LogP contribution >= 0.6 is 0 Å². The quantitative estimate of drug-likeness (QED) is 0.881. The number of likely N-dealkylation sites (tertiary alicyclic amines) is 1. The van der Waals surface area contributed by atoms with Crippen LogP contribution in [-0.4, -0.2) is 41.6 Å². The summed E-state index contributed by atoms with van der Waals surface area (Å²) in [5, 5.41) is 2.84. The molecule has 2 amide bonds. The van der Waals surface area contributed by atoms with Gasteiger partial charge < -0.3 is 19.7 Å². The lowest BCUT2D eigenvalue weighted by atomic mass is 10.2. The number of amides is 2. The van der Waals surface area contributed by atoms with Crippen LogP contribution in [0.15, 0.2) is 36.4 Å². The Morgan fingerprint density at radius 3 is 2.54 bits per heavy atom. The average molecular weight is 381 g/mol. The first-order chi connectivity index (χ1) is 13.7. The van der Waals surface area contributed by atoms with Crippen LogP contribution in [0.25, 0.3) is 0 Å². The first-order valence-corrected chi connectivity index (χ1v) is 9.64. The number of benzene rings is 1. The molecule has 7 heteroatoms. The lowest BCUT2D eigenvalue weighted by Gasteiger charge is -2.19. The molecule has 0 radical (unpaired) electrons. The number of nitrogens with zero attached hydrogens (tertiary/aromatic N) is 2. The van der Waals surface area contributed by atoms with Gasteiger partial charge in [0.2, 0.25) is 6.79 Å². The van der Waals surface area contributed by atoms with E-state index >= 15 is 0 Å². The van der Waals surface area contributed by atoms with E-state index in [0.29, 0.717) is 23.7 Å². The van der Waals surface area contributed by atoms with Crippen molar-refractivity contribution in [3.63, 3.8) is 0 Å². The molecular weight excluding hydrogens is 358 g/mol. The van der Waals surface area contributed by atoms with Gasteiger partial charge in [-0.25, -0.2) is 4.98 Å². The van der Waals surface area contributed by atoms with Gasteiger partial charge in [0.25, 0.3) is 11.8 Å². The average Bonchev–Trinajstić information content (AvgIpc) is 3.03. The second-order valence-corrected chi connectivity index (χ2v) is 6.98. The Morgan fingerprint density at radius 2 is 1.71 bits per heavy atom. The number of nitrogens with one attached hydrogen (secondary N) is 1. The Morgan fingerprint density at radius 1 is 0.964 bits per heavy atom. The second-order valence-electron chi connectivity index (χ2n) is 6.98. The van der Waals surface area contributed by atoms with Crippen molar-refractivity contribution < 1.29 is 19.1 Å². The van der Waals surface area contributed by atoms with Crippen molar-refractivity contribution >= 4 is 11.8 Å². The maximum absolute atomic E-state index is 12.7. The minimum Gasteiger partial charge on any atom is -0.454 e.